The Balaban J connectivity index is 2.36. The fourth-order valence-electron chi connectivity index (χ4n) is 1.30. The van der Waals surface area contributed by atoms with Gasteiger partial charge in [-0.15, -0.1) is 0 Å². The maximum atomic E-state index is 11.6. The van der Waals surface area contributed by atoms with Crippen LogP contribution in [0.1, 0.15) is 22.8 Å². The van der Waals surface area contributed by atoms with Crippen LogP contribution in [-0.2, 0) is 20.7 Å². The van der Waals surface area contributed by atoms with Crippen LogP contribution < -0.4 is 0 Å². The van der Waals surface area contributed by atoms with E-state index in [1.807, 2.05) is 19.1 Å². The predicted molar refractivity (Wildman–Crippen MR) is 67.3 cm³/mol. The second-order valence-electron chi connectivity index (χ2n) is 3.56. The Morgan fingerprint density at radius 1 is 1.17 bits per heavy atom. The van der Waals surface area contributed by atoms with Crippen LogP contribution >= 0.6 is 0 Å². The number of hydrogen-bond acceptors (Lipinski definition) is 4. The molecule has 96 valence electrons. The average molecular weight is 248 g/mol. The third kappa shape index (κ3) is 4.41. The van der Waals surface area contributed by atoms with E-state index >= 15 is 0 Å². The highest BCUT2D eigenvalue weighted by Crippen LogP contribution is 2.06. The van der Waals surface area contributed by atoms with Gasteiger partial charge in [0.05, 0.1) is 5.56 Å². The number of ether oxygens (including phenoxy) is 2. The zero-order chi connectivity index (χ0) is 13.4. The van der Waals surface area contributed by atoms with Crippen LogP contribution in [0.15, 0.2) is 36.9 Å². The summed E-state index contributed by atoms with van der Waals surface area (Å²) < 4.78 is 9.63. The molecule has 0 atom stereocenters. The molecular formula is C14H16O4. The van der Waals surface area contributed by atoms with E-state index in [1.165, 1.54) is 0 Å². The van der Waals surface area contributed by atoms with Crippen molar-refractivity contribution < 1.29 is 19.1 Å². The van der Waals surface area contributed by atoms with Gasteiger partial charge in [0, 0.05) is 6.08 Å². The van der Waals surface area contributed by atoms with Crippen LogP contribution in [-0.4, -0.2) is 25.2 Å². The molecule has 0 heterocycles. The second kappa shape index (κ2) is 7.27. The molecule has 0 radical (unpaired) electrons. The molecule has 0 saturated heterocycles. The van der Waals surface area contributed by atoms with E-state index in [2.05, 4.69) is 11.3 Å². The topological polar surface area (TPSA) is 52.6 Å². The highest BCUT2D eigenvalue weighted by atomic mass is 16.6. The number of aryl methyl sites for hydroxylation is 1. The van der Waals surface area contributed by atoms with E-state index in [9.17, 15) is 9.59 Å². The monoisotopic (exact) mass is 248 g/mol. The van der Waals surface area contributed by atoms with Crippen molar-refractivity contribution in [1.82, 2.24) is 0 Å². The Morgan fingerprint density at radius 3 is 2.33 bits per heavy atom. The second-order valence-corrected chi connectivity index (χ2v) is 3.56. The van der Waals surface area contributed by atoms with Gasteiger partial charge in [-0.25, -0.2) is 9.59 Å². The summed E-state index contributed by atoms with van der Waals surface area (Å²) >= 11 is 0. The highest BCUT2D eigenvalue weighted by molar-refractivity contribution is 5.89. The summed E-state index contributed by atoms with van der Waals surface area (Å²) in [7, 11) is 0. The summed E-state index contributed by atoms with van der Waals surface area (Å²) in [6, 6.07) is 7.20. The first-order chi connectivity index (χ1) is 8.67. The predicted octanol–water partition coefficient (Wildman–Crippen LogP) is 2.13. The quantitative estimate of drug-likeness (QED) is 0.439. The molecule has 0 aliphatic carbocycles. The molecule has 0 saturated carbocycles. The normalized spacial score (nSPS) is 9.61. The van der Waals surface area contributed by atoms with Gasteiger partial charge < -0.3 is 9.47 Å². The van der Waals surface area contributed by atoms with Crippen LogP contribution in [0.25, 0.3) is 0 Å². The molecule has 0 aliphatic heterocycles. The Kier molecular flexibility index (Phi) is 5.64. The summed E-state index contributed by atoms with van der Waals surface area (Å²) in [5, 5.41) is 0. The molecule has 0 bridgehead atoms. The van der Waals surface area contributed by atoms with E-state index in [1.54, 1.807) is 12.1 Å². The summed E-state index contributed by atoms with van der Waals surface area (Å²) in [6.45, 7) is 5.37. The Labute approximate surface area is 106 Å². The van der Waals surface area contributed by atoms with Gasteiger partial charge in [0.15, 0.2) is 0 Å². The number of carbonyl (C=O) groups is 2. The minimum Gasteiger partial charge on any atom is -0.459 e. The summed E-state index contributed by atoms with van der Waals surface area (Å²) in [6.07, 6.45) is 1.98. The molecule has 4 nitrogen and oxygen atoms in total. The van der Waals surface area contributed by atoms with Gasteiger partial charge in [-0.05, 0) is 24.1 Å². The van der Waals surface area contributed by atoms with Crippen LogP contribution in [0.2, 0.25) is 0 Å². The zero-order valence-corrected chi connectivity index (χ0v) is 10.3. The number of hydrogen-bond donors (Lipinski definition) is 0. The molecule has 1 rings (SSSR count). The molecule has 1 aromatic carbocycles. The lowest BCUT2D eigenvalue weighted by molar-refractivity contribution is -0.138. The number of carbonyl (C=O) groups excluding carboxylic acids is 2. The van der Waals surface area contributed by atoms with Crippen molar-refractivity contribution in [2.45, 2.75) is 13.3 Å². The van der Waals surface area contributed by atoms with Gasteiger partial charge in [0.2, 0.25) is 0 Å². The average Bonchev–Trinajstić information content (AvgIpc) is 2.43. The van der Waals surface area contributed by atoms with Gasteiger partial charge in [-0.3, -0.25) is 0 Å². The van der Waals surface area contributed by atoms with Crippen molar-refractivity contribution in [1.29, 1.82) is 0 Å². The van der Waals surface area contributed by atoms with Crippen LogP contribution in [0, 0.1) is 0 Å². The lowest BCUT2D eigenvalue weighted by Crippen LogP contribution is -2.12. The summed E-state index contributed by atoms with van der Waals surface area (Å²) in [5.74, 6) is -0.953. The van der Waals surface area contributed by atoms with Gasteiger partial charge in [0.25, 0.3) is 0 Å². The lowest BCUT2D eigenvalue weighted by atomic mass is 10.1. The van der Waals surface area contributed by atoms with E-state index in [-0.39, 0.29) is 13.2 Å². The van der Waals surface area contributed by atoms with E-state index in [4.69, 9.17) is 4.74 Å². The van der Waals surface area contributed by atoms with Crippen LogP contribution in [0.3, 0.4) is 0 Å². The van der Waals surface area contributed by atoms with Crippen LogP contribution in [0.5, 0.6) is 0 Å². The number of esters is 2. The molecule has 4 heteroatoms. The van der Waals surface area contributed by atoms with Crippen molar-refractivity contribution >= 4 is 11.9 Å². The molecule has 0 aliphatic rings. The summed E-state index contributed by atoms with van der Waals surface area (Å²) in [5.41, 5.74) is 1.65. The van der Waals surface area contributed by atoms with Crippen molar-refractivity contribution in [3.8, 4) is 0 Å². The zero-order valence-electron chi connectivity index (χ0n) is 10.3. The molecule has 0 spiro atoms. The SMILES string of the molecule is C=CC(=O)OCCOC(=O)c1ccc(CC)cc1. The molecular weight excluding hydrogens is 232 g/mol. The first-order valence-electron chi connectivity index (χ1n) is 5.72. The molecule has 0 amide bonds. The lowest BCUT2D eigenvalue weighted by Gasteiger charge is -2.05. The Morgan fingerprint density at radius 2 is 1.78 bits per heavy atom. The van der Waals surface area contributed by atoms with E-state index < -0.39 is 11.9 Å². The molecule has 0 N–H and O–H groups in total. The van der Waals surface area contributed by atoms with Gasteiger partial charge >= 0.3 is 11.9 Å². The number of rotatable bonds is 6. The van der Waals surface area contributed by atoms with Gasteiger partial charge in [0.1, 0.15) is 13.2 Å². The minimum atomic E-state index is -0.529. The molecule has 1 aromatic rings. The first kappa shape index (κ1) is 14.0. The highest BCUT2D eigenvalue weighted by Gasteiger charge is 2.06. The van der Waals surface area contributed by atoms with Crippen molar-refractivity contribution in [3.63, 3.8) is 0 Å². The third-order valence-corrected chi connectivity index (χ3v) is 2.33. The van der Waals surface area contributed by atoms with Crippen molar-refractivity contribution in [2.24, 2.45) is 0 Å². The molecule has 0 unspecified atom stereocenters. The van der Waals surface area contributed by atoms with E-state index in [0.29, 0.717) is 5.56 Å². The Hall–Kier alpha value is -2.10. The summed E-state index contributed by atoms with van der Waals surface area (Å²) in [4.78, 5) is 22.3. The largest absolute Gasteiger partial charge is 0.459 e. The third-order valence-electron chi connectivity index (χ3n) is 2.33. The molecule has 0 fully saturated rings. The first-order valence-corrected chi connectivity index (χ1v) is 5.72. The van der Waals surface area contributed by atoms with E-state index in [0.717, 1.165) is 18.1 Å². The van der Waals surface area contributed by atoms with Crippen molar-refractivity contribution in [2.75, 3.05) is 13.2 Å². The minimum absolute atomic E-state index is 0.0314. The van der Waals surface area contributed by atoms with Crippen molar-refractivity contribution in [3.05, 3.63) is 48.0 Å². The van der Waals surface area contributed by atoms with Gasteiger partial charge in [-0.2, -0.15) is 0 Å². The number of benzene rings is 1. The fourth-order valence-corrected chi connectivity index (χ4v) is 1.30. The van der Waals surface area contributed by atoms with Crippen LogP contribution in [0.4, 0.5) is 0 Å². The maximum Gasteiger partial charge on any atom is 0.338 e. The maximum absolute atomic E-state index is 11.6. The van der Waals surface area contributed by atoms with Gasteiger partial charge in [-0.1, -0.05) is 25.6 Å². The Bertz CT molecular complexity index is 420. The molecule has 0 aromatic heterocycles. The standard InChI is InChI=1S/C14H16O4/c1-3-11-5-7-12(8-6-11)14(16)18-10-9-17-13(15)4-2/h4-8H,2-3,9-10H2,1H3. The fraction of sp³-hybridized carbons (Fsp3) is 0.286. The molecule has 18 heavy (non-hydrogen) atoms. The smallest absolute Gasteiger partial charge is 0.338 e.